The van der Waals surface area contributed by atoms with Crippen LogP contribution in [-0.4, -0.2) is 64.4 Å². The normalized spacial score (nSPS) is 21.8. The van der Waals surface area contributed by atoms with E-state index in [9.17, 15) is 9.59 Å². The van der Waals surface area contributed by atoms with Gasteiger partial charge in [0.2, 0.25) is 5.91 Å². The summed E-state index contributed by atoms with van der Waals surface area (Å²) in [4.78, 5) is 32.6. The molecule has 0 saturated carbocycles. The molecule has 1 atom stereocenters. The number of hydrogen-bond donors (Lipinski definition) is 1. The Morgan fingerprint density at radius 2 is 1.90 bits per heavy atom. The second kappa shape index (κ2) is 9.58. The Morgan fingerprint density at radius 3 is 2.50 bits per heavy atom. The van der Waals surface area contributed by atoms with Gasteiger partial charge in [0.1, 0.15) is 5.60 Å². The fourth-order valence-corrected chi connectivity index (χ4v) is 4.50. The molecule has 2 saturated heterocycles. The van der Waals surface area contributed by atoms with Crippen molar-refractivity contribution < 1.29 is 19.2 Å². The summed E-state index contributed by atoms with van der Waals surface area (Å²) >= 11 is 1.75. The first kappa shape index (κ1) is 22.9. The molecule has 1 aromatic carbocycles. The lowest BCUT2D eigenvalue weighted by atomic mass is 9.96. The van der Waals surface area contributed by atoms with Crippen LogP contribution in [0.25, 0.3) is 0 Å². The van der Waals surface area contributed by atoms with Gasteiger partial charge in [-0.25, -0.2) is 4.79 Å². The van der Waals surface area contributed by atoms with Gasteiger partial charge in [-0.3, -0.25) is 10.1 Å². The number of thioether (sulfide) groups is 1. The van der Waals surface area contributed by atoms with Crippen LogP contribution >= 0.6 is 11.8 Å². The standard InChI is InChI=1S/C22H33N3O4S/c1-21(2,3)28-20(27)29-24-13-11-22(12-14-24)23-18(10-15-30-4)19(26)25(22)16-17-8-6-5-7-9-17/h5-9,18,23H,10-16H2,1-4H3. The van der Waals surface area contributed by atoms with Gasteiger partial charge in [0.25, 0.3) is 0 Å². The highest BCUT2D eigenvalue weighted by atomic mass is 32.2. The Morgan fingerprint density at radius 1 is 1.23 bits per heavy atom. The number of hydrogen-bond acceptors (Lipinski definition) is 7. The van der Waals surface area contributed by atoms with Crippen molar-refractivity contribution in [2.24, 2.45) is 0 Å². The summed E-state index contributed by atoms with van der Waals surface area (Å²) in [5.74, 6) is 1.10. The number of carbonyl (C=O) groups is 2. The van der Waals surface area contributed by atoms with Gasteiger partial charge in [-0.2, -0.15) is 11.8 Å². The van der Waals surface area contributed by atoms with E-state index in [0.717, 1.165) is 17.7 Å². The molecule has 0 radical (unpaired) electrons. The van der Waals surface area contributed by atoms with E-state index in [2.05, 4.69) is 23.7 Å². The molecule has 2 fully saturated rings. The molecule has 8 heteroatoms. The first-order valence-corrected chi connectivity index (χ1v) is 11.9. The maximum atomic E-state index is 13.2. The quantitative estimate of drug-likeness (QED) is 0.687. The highest BCUT2D eigenvalue weighted by Crippen LogP contribution is 2.35. The highest BCUT2D eigenvalue weighted by molar-refractivity contribution is 7.98. The Kier molecular flexibility index (Phi) is 7.31. The van der Waals surface area contributed by atoms with Gasteiger partial charge in [-0.05, 0) is 44.8 Å². The number of hydroxylamine groups is 2. The summed E-state index contributed by atoms with van der Waals surface area (Å²) in [7, 11) is 0. The van der Waals surface area contributed by atoms with Crippen LogP contribution in [0.3, 0.4) is 0 Å². The van der Waals surface area contributed by atoms with Crippen LogP contribution in [0.2, 0.25) is 0 Å². The lowest BCUT2D eigenvalue weighted by molar-refractivity contribution is -0.169. The predicted octanol–water partition coefficient (Wildman–Crippen LogP) is 3.40. The Balaban J connectivity index is 1.68. The molecule has 0 aliphatic carbocycles. The van der Waals surface area contributed by atoms with Gasteiger partial charge in [0, 0.05) is 32.5 Å². The number of nitrogens with one attached hydrogen (secondary N) is 1. The number of benzene rings is 1. The van der Waals surface area contributed by atoms with E-state index in [1.807, 2.05) is 43.9 Å². The minimum Gasteiger partial charge on any atom is -0.427 e. The van der Waals surface area contributed by atoms with Crippen LogP contribution in [0.5, 0.6) is 0 Å². The van der Waals surface area contributed by atoms with Gasteiger partial charge in [-0.15, -0.1) is 5.06 Å². The topological polar surface area (TPSA) is 71.1 Å². The van der Waals surface area contributed by atoms with E-state index in [0.29, 0.717) is 32.5 Å². The first-order chi connectivity index (χ1) is 14.2. The average Bonchev–Trinajstić information content (AvgIpc) is 2.93. The summed E-state index contributed by atoms with van der Waals surface area (Å²) in [6.07, 6.45) is 3.55. The molecule has 3 rings (SSSR count). The predicted molar refractivity (Wildman–Crippen MR) is 118 cm³/mol. The summed E-state index contributed by atoms with van der Waals surface area (Å²) in [5, 5.41) is 5.28. The maximum Gasteiger partial charge on any atom is 0.528 e. The van der Waals surface area contributed by atoms with Crippen molar-refractivity contribution in [1.29, 1.82) is 0 Å². The molecule has 1 unspecified atom stereocenters. The molecule has 1 N–H and O–H groups in total. The third-order valence-corrected chi connectivity index (χ3v) is 6.10. The van der Waals surface area contributed by atoms with Crippen molar-refractivity contribution in [3.05, 3.63) is 35.9 Å². The van der Waals surface area contributed by atoms with Crippen LogP contribution in [0.1, 0.15) is 45.6 Å². The van der Waals surface area contributed by atoms with Crippen LogP contribution < -0.4 is 5.32 Å². The lowest BCUT2D eigenvalue weighted by Gasteiger charge is -2.43. The van der Waals surface area contributed by atoms with Gasteiger partial charge in [-0.1, -0.05) is 30.3 Å². The fraction of sp³-hybridized carbons (Fsp3) is 0.636. The van der Waals surface area contributed by atoms with Crippen molar-refractivity contribution in [2.45, 2.75) is 63.9 Å². The molecule has 2 aliphatic rings. The van der Waals surface area contributed by atoms with E-state index in [1.165, 1.54) is 0 Å². The van der Waals surface area contributed by atoms with Crippen molar-refractivity contribution in [2.75, 3.05) is 25.1 Å². The second-order valence-corrected chi connectivity index (χ2v) is 9.89. The number of ether oxygens (including phenoxy) is 1. The molecule has 2 aliphatic heterocycles. The Bertz CT molecular complexity index is 730. The molecular weight excluding hydrogens is 402 g/mol. The smallest absolute Gasteiger partial charge is 0.427 e. The summed E-state index contributed by atoms with van der Waals surface area (Å²) in [5.41, 5.74) is 0.110. The first-order valence-electron chi connectivity index (χ1n) is 10.5. The zero-order valence-corrected chi connectivity index (χ0v) is 19.2. The SMILES string of the molecule is CSCCC1NC2(CCN(OC(=O)OC(C)(C)C)CC2)N(Cc2ccccc2)C1=O. The van der Waals surface area contributed by atoms with Gasteiger partial charge in [0.05, 0.1) is 11.7 Å². The van der Waals surface area contributed by atoms with Crippen LogP contribution in [0.15, 0.2) is 30.3 Å². The largest absolute Gasteiger partial charge is 0.528 e. The second-order valence-electron chi connectivity index (χ2n) is 8.90. The molecule has 30 heavy (non-hydrogen) atoms. The fourth-order valence-electron chi connectivity index (χ4n) is 4.03. The maximum absolute atomic E-state index is 13.2. The molecule has 1 spiro atoms. The third-order valence-electron chi connectivity index (χ3n) is 5.46. The van der Waals surface area contributed by atoms with Crippen molar-refractivity contribution in [3.63, 3.8) is 0 Å². The van der Waals surface area contributed by atoms with Crippen molar-refractivity contribution in [3.8, 4) is 0 Å². The molecule has 0 aromatic heterocycles. The molecule has 2 heterocycles. The van der Waals surface area contributed by atoms with Gasteiger partial charge < -0.3 is 14.5 Å². The minimum atomic E-state index is -0.687. The summed E-state index contributed by atoms with van der Waals surface area (Å²) in [6.45, 7) is 7.09. The van der Waals surface area contributed by atoms with Crippen LogP contribution in [-0.2, 0) is 20.9 Å². The average molecular weight is 436 g/mol. The number of amides is 1. The summed E-state index contributed by atoms with van der Waals surface area (Å²) < 4.78 is 5.25. The monoisotopic (exact) mass is 435 g/mol. The van der Waals surface area contributed by atoms with E-state index in [-0.39, 0.29) is 11.9 Å². The van der Waals surface area contributed by atoms with Crippen molar-refractivity contribution in [1.82, 2.24) is 15.3 Å². The zero-order chi connectivity index (χ0) is 21.8. The van der Waals surface area contributed by atoms with Gasteiger partial charge >= 0.3 is 6.16 Å². The van der Waals surface area contributed by atoms with Crippen LogP contribution in [0.4, 0.5) is 4.79 Å². The van der Waals surface area contributed by atoms with E-state index >= 15 is 0 Å². The van der Waals surface area contributed by atoms with Crippen LogP contribution in [0, 0.1) is 0 Å². The summed E-state index contributed by atoms with van der Waals surface area (Å²) in [6, 6.07) is 9.92. The molecule has 7 nitrogen and oxygen atoms in total. The Hall–Kier alpha value is -1.77. The number of rotatable bonds is 6. The molecule has 1 aromatic rings. The number of carbonyl (C=O) groups excluding carboxylic acids is 2. The molecule has 0 bridgehead atoms. The third kappa shape index (κ3) is 5.68. The van der Waals surface area contributed by atoms with Gasteiger partial charge in [0.15, 0.2) is 0 Å². The Labute approximate surface area is 183 Å². The zero-order valence-electron chi connectivity index (χ0n) is 18.3. The molecule has 166 valence electrons. The number of nitrogens with zero attached hydrogens (tertiary/aromatic N) is 2. The lowest BCUT2D eigenvalue weighted by Crippen LogP contribution is -2.58. The molecule has 1 amide bonds. The van der Waals surface area contributed by atoms with Crippen molar-refractivity contribution >= 4 is 23.8 Å². The highest BCUT2D eigenvalue weighted by Gasteiger charge is 2.51. The van der Waals surface area contributed by atoms with E-state index in [4.69, 9.17) is 9.57 Å². The molecular formula is C22H33N3O4S. The van der Waals surface area contributed by atoms with E-state index < -0.39 is 17.4 Å². The minimum absolute atomic E-state index is 0.161. The number of piperidine rings is 1. The van der Waals surface area contributed by atoms with E-state index in [1.54, 1.807) is 16.8 Å².